The number of methoxy groups -OCH3 is 1. The normalized spacial score (nSPS) is 26.7. The van der Waals surface area contributed by atoms with E-state index in [4.69, 9.17) is 9.15 Å². The molecule has 0 amide bonds. The van der Waals surface area contributed by atoms with Gasteiger partial charge in [0.25, 0.3) is 0 Å². The number of piperazine rings is 1. The summed E-state index contributed by atoms with van der Waals surface area (Å²) in [5, 5.41) is 11.1. The lowest BCUT2D eigenvalue weighted by Gasteiger charge is -2.39. The maximum Gasteiger partial charge on any atom is 0.343 e. The number of fused-ring (bicyclic) bond motifs is 2. The van der Waals surface area contributed by atoms with Gasteiger partial charge >= 0.3 is 5.63 Å². The lowest BCUT2D eigenvalue weighted by Crippen LogP contribution is -2.46. The molecular weight excluding hydrogens is 442 g/mol. The van der Waals surface area contributed by atoms with Crippen LogP contribution in [0.4, 0.5) is 5.69 Å². The third-order valence-corrected chi connectivity index (χ3v) is 8.23. The van der Waals surface area contributed by atoms with Gasteiger partial charge in [0.2, 0.25) is 0 Å². The maximum absolute atomic E-state index is 12.6. The van der Waals surface area contributed by atoms with E-state index in [1.54, 1.807) is 7.11 Å². The predicted molar refractivity (Wildman–Crippen MR) is 137 cm³/mol. The lowest BCUT2D eigenvalue weighted by atomic mass is 9.65. The fourth-order valence-corrected chi connectivity index (χ4v) is 6.96. The molecule has 2 saturated heterocycles. The van der Waals surface area contributed by atoms with Crippen LogP contribution in [-0.4, -0.2) is 60.8 Å². The molecule has 1 saturated carbocycles. The fraction of sp³-hybridized carbons (Fsp3) is 0.607. The van der Waals surface area contributed by atoms with Gasteiger partial charge in [-0.1, -0.05) is 20.8 Å². The molecule has 0 radical (unpaired) electrons. The smallest absolute Gasteiger partial charge is 0.343 e. The minimum absolute atomic E-state index is 0.115. The fourth-order valence-electron chi connectivity index (χ4n) is 6.96. The van der Waals surface area contributed by atoms with Crippen LogP contribution in [0.5, 0.6) is 11.5 Å². The minimum Gasteiger partial charge on any atom is -0.507 e. The van der Waals surface area contributed by atoms with E-state index < -0.39 is 5.63 Å². The molecule has 1 N–H and O–H groups in total. The second-order valence-electron chi connectivity index (χ2n) is 12.0. The van der Waals surface area contributed by atoms with Crippen LogP contribution in [0.1, 0.15) is 51.2 Å². The number of aromatic hydroxyl groups is 1. The van der Waals surface area contributed by atoms with Crippen molar-refractivity contribution in [3.05, 3.63) is 52.1 Å². The van der Waals surface area contributed by atoms with Crippen molar-refractivity contribution in [2.24, 2.45) is 10.8 Å². The van der Waals surface area contributed by atoms with Gasteiger partial charge in [-0.05, 0) is 54.4 Å². The molecule has 2 atom stereocenters. The number of ether oxygens (including phenoxy) is 1. The van der Waals surface area contributed by atoms with Crippen LogP contribution in [0.2, 0.25) is 0 Å². The summed E-state index contributed by atoms with van der Waals surface area (Å²) in [6.45, 7) is 12.6. The van der Waals surface area contributed by atoms with E-state index in [1.165, 1.54) is 24.8 Å². The van der Waals surface area contributed by atoms with Crippen molar-refractivity contribution in [3.63, 3.8) is 0 Å². The number of rotatable bonds is 6. The van der Waals surface area contributed by atoms with Crippen molar-refractivity contribution in [2.75, 3.05) is 44.7 Å². The van der Waals surface area contributed by atoms with E-state index in [9.17, 15) is 9.90 Å². The Morgan fingerprint density at radius 2 is 1.77 bits per heavy atom. The van der Waals surface area contributed by atoms with Crippen molar-refractivity contribution in [1.29, 1.82) is 0 Å². The summed E-state index contributed by atoms with van der Waals surface area (Å²) < 4.78 is 10.7. The van der Waals surface area contributed by atoms with Gasteiger partial charge in [-0.3, -0.25) is 9.80 Å². The molecule has 7 heteroatoms. The highest BCUT2D eigenvalue weighted by molar-refractivity contribution is 5.49. The van der Waals surface area contributed by atoms with Crippen LogP contribution in [0.3, 0.4) is 0 Å². The van der Waals surface area contributed by atoms with E-state index in [-0.39, 0.29) is 11.2 Å². The average Bonchev–Trinajstić information content (AvgIpc) is 3.06. The molecular formula is C28H39N3O4. The molecule has 1 aromatic carbocycles. The first-order valence-electron chi connectivity index (χ1n) is 12.8. The third kappa shape index (κ3) is 5.07. The molecule has 1 aromatic heterocycles. The standard InChI is InChI=1S/C28H39N3O4/c1-27(2)13-22-14-28(3,18-27)19-31(22)16-24-25(32)20(17-35-26(24)33)15-29-9-11-30(12-10-29)21-5-7-23(34-4)8-6-21/h5-8,17,22,32H,9-16,18-19H2,1-4H3/t22-,28+/m1/s1. The second-order valence-corrected chi connectivity index (χ2v) is 12.0. The van der Waals surface area contributed by atoms with Gasteiger partial charge in [0.1, 0.15) is 17.8 Å². The van der Waals surface area contributed by atoms with E-state index >= 15 is 0 Å². The number of nitrogens with zero attached hydrogens (tertiary/aromatic N) is 3. The van der Waals surface area contributed by atoms with E-state index in [2.05, 4.69) is 47.6 Å². The summed E-state index contributed by atoms with van der Waals surface area (Å²) in [6.07, 6.45) is 4.95. The zero-order valence-electron chi connectivity index (χ0n) is 21.5. The lowest BCUT2D eigenvalue weighted by molar-refractivity contribution is 0.126. The molecule has 190 valence electrons. The Morgan fingerprint density at radius 3 is 2.46 bits per heavy atom. The number of benzene rings is 1. The van der Waals surface area contributed by atoms with Crippen LogP contribution < -0.4 is 15.3 Å². The van der Waals surface area contributed by atoms with Crippen LogP contribution in [0, 0.1) is 10.8 Å². The number of anilines is 1. The van der Waals surface area contributed by atoms with Gasteiger partial charge in [-0.25, -0.2) is 4.79 Å². The zero-order valence-corrected chi connectivity index (χ0v) is 21.5. The summed E-state index contributed by atoms with van der Waals surface area (Å²) in [7, 11) is 1.68. The highest BCUT2D eigenvalue weighted by Gasteiger charge is 2.49. The molecule has 0 spiro atoms. The predicted octanol–water partition coefficient (Wildman–Crippen LogP) is 4.08. The Hall–Kier alpha value is -2.51. The Labute approximate surface area is 208 Å². The molecule has 1 aliphatic carbocycles. The van der Waals surface area contributed by atoms with E-state index in [0.29, 0.717) is 35.7 Å². The monoisotopic (exact) mass is 481 g/mol. The van der Waals surface area contributed by atoms with Gasteiger partial charge in [0, 0.05) is 63.1 Å². The highest BCUT2D eigenvalue weighted by atomic mass is 16.5. The Bertz CT molecular complexity index is 1100. The Morgan fingerprint density at radius 1 is 1.06 bits per heavy atom. The first-order valence-corrected chi connectivity index (χ1v) is 12.8. The van der Waals surface area contributed by atoms with Crippen molar-refractivity contribution in [2.45, 2.75) is 59.2 Å². The van der Waals surface area contributed by atoms with E-state index in [0.717, 1.165) is 44.9 Å². The quantitative estimate of drug-likeness (QED) is 0.667. The summed E-state index contributed by atoms with van der Waals surface area (Å²) in [6, 6.07) is 8.61. The van der Waals surface area contributed by atoms with Crippen LogP contribution in [-0.2, 0) is 13.1 Å². The van der Waals surface area contributed by atoms with Crippen molar-refractivity contribution >= 4 is 5.69 Å². The summed E-state index contributed by atoms with van der Waals surface area (Å²) in [5.41, 5.74) is 2.48. The van der Waals surface area contributed by atoms with Gasteiger partial charge in [0.15, 0.2) is 0 Å². The van der Waals surface area contributed by atoms with Crippen LogP contribution >= 0.6 is 0 Å². The SMILES string of the molecule is COc1ccc(N2CCN(Cc3coc(=O)c(CN4C[C@@]5(C)C[C@H]4CC(C)(C)C5)c3O)CC2)cc1. The molecule has 3 aliphatic rings. The minimum atomic E-state index is -0.415. The van der Waals surface area contributed by atoms with Gasteiger partial charge in [-0.2, -0.15) is 0 Å². The van der Waals surface area contributed by atoms with Crippen molar-refractivity contribution < 1.29 is 14.3 Å². The molecule has 2 aromatic rings. The molecule has 0 unspecified atom stereocenters. The highest BCUT2D eigenvalue weighted by Crippen LogP contribution is 2.52. The Kier molecular flexibility index (Phi) is 6.34. The zero-order chi connectivity index (χ0) is 24.8. The molecule has 2 bridgehead atoms. The largest absolute Gasteiger partial charge is 0.507 e. The molecule has 3 fully saturated rings. The summed E-state index contributed by atoms with van der Waals surface area (Å²) in [5.74, 6) is 0.976. The molecule has 2 aliphatic heterocycles. The van der Waals surface area contributed by atoms with Gasteiger partial charge in [-0.15, -0.1) is 0 Å². The molecule has 7 nitrogen and oxygen atoms in total. The number of likely N-dealkylation sites (tertiary alicyclic amines) is 1. The van der Waals surface area contributed by atoms with Crippen LogP contribution in [0.15, 0.2) is 39.7 Å². The second kappa shape index (κ2) is 9.17. The average molecular weight is 482 g/mol. The topological polar surface area (TPSA) is 69.4 Å². The van der Waals surface area contributed by atoms with Crippen molar-refractivity contribution in [1.82, 2.24) is 9.80 Å². The van der Waals surface area contributed by atoms with Crippen molar-refractivity contribution in [3.8, 4) is 11.5 Å². The molecule has 5 rings (SSSR count). The first kappa shape index (κ1) is 24.2. The maximum atomic E-state index is 12.6. The first-order chi connectivity index (χ1) is 16.6. The third-order valence-electron chi connectivity index (χ3n) is 8.23. The van der Waals surface area contributed by atoms with E-state index in [1.807, 2.05) is 12.1 Å². The number of hydrogen-bond donors (Lipinski definition) is 1. The van der Waals surface area contributed by atoms with Crippen LogP contribution in [0.25, 0.3) is 0 Å². The van der Waals surface area contributed by atoms with Gasteiger partial charge < -0.3 is 19.2 Å². The summed E-state index contributed by atoms with van der Waals surface area (Å²) >= 11 is 0. The Balaban J connectivity index is 1.24. The summed E-state index contributed by atoms with van der Waals surface area (Å²) in [4.78, 5) is 19.7. The molecule has 35 heavy (non-hydrogen) atoms. The number of hydrogen-bond acceptors (Lipinski definition) is 7. The van der Waals surface area contributed by atoms with Gasteiger partial charge in [0.05, 0.1) is 12.7 Å². The molecule has 3 heterocycles.